The average Bonchev–Trinajstić information content (AvgIpc) is 3.10. The molecule has 1 aliphatic heterocycles. The lowest BCUT2D eigenvalue weighted by atomic mass is 9.68. The first-order valence-electron chi connectivity index (χ1n) is 7.04. The number of epoxide rings is 1. The lowest BCUT2D eigenvalue weighted by molar-refractivity contribution is -0.149. The molecule has 0 aromatic rings. The minimum Gasteiger partial charge on any atom is -0.469 e. The van der Waals surface area contributed by atoms with E-state index in [2.05, 4.69) is 0 Å². The second kappa shape index (κ2) is 4.60. The Bertz CT molecular complexity index is 302. The highest BCUT2D eigenvalue weighted by Crippen LogP contribution is 2.49. The lowest BCUT2D eigenvalue weighted by Crippen LogP contribution is -2.36. The van der Waals surface area contributed by atoms with Gasteiger partial charge in [-0.15, -0.1) is 0 Å². The molecule has 0 aromatic heterocycles. The van der Waals surface area contributed by atoms with Crippen molar-refractivity contribution >= 4 is 5.97 Å². The third-order valence-electron chi connectivity index (χ3n) is 4.94. The van der Waals surface area contributed by atoms with E-state index in [1.165, 1.54) is 32.8 Å². The van der Waals surface area contributed by atoms with E-state index in [0.717, 1.165) is 19.3 Å². The molecule has 2 aliphatic carbocycles. The minimum absolute atomic E-state index is 0.0148. The van der Waals surface area contributed by atoms with Crippen molar-refractivity contribution in [3.05, 3.63) is 0 Å². The van der Waals surface area contributed by atoms with E-state index >= 15 is 0 Å². The molecule has 5 atom stereocenters. The molecule has 0 spiro atoms. The second-order valence-electron chi connectivity index (χ2n) is 5.81. The Kier molecular flexibility index (Phi) is 3.12. The van der Waals surface area contributed by atoms with Crippen LogP contribution in [0.15, 0.2) is 0 Å². The van der Waals surface area contributed by atoms with E-state index in [4.69, 9.17) is 9.47 Å². The van der Waals surface area contributed by atoms with Crippen molar-refractivity contribution < 1.29 is 14.3 Å². The molecule has 1 heterocycles. The molecule has 2 saturated carbocycles. The number of esters is 1. The molecule has 1 saturated heterocycles. The number of carbonyl (C=O) groups is 1. The van der Waals surface area contributed by atoms with Gasteiger partial charge in [0.05, 0.1) is 25.2 Å². The molecule has 0 amide bonds. The smallest absolute Gasteiger partial charge is 0.308 e. The van der Waals surface area contributed by atoms with Gasteiger partial charge in [-0.1, -0.05) is 12.8 Å². The zero-order valence-electron chi connectivity index (χ0n) is 10.6. The fourth-order valence-electron chi connectivity index (χ4n) is 4.06. The van der Waals surface area contributed by atoms with Gasteiger partial charge in [-0.25, -0.2) is 0 Å². The Morgan fingerprint density at radius 1 is 1.06 bits per heavy atom. The number of hydrogen-bond acceptors (Lipinski definition) is 3. The molecule has 96 valence electrons. The molecule has 0 N–H and O–H groups in total. The average molecular weight is 238 g/mol. The van der Waals surface area contributed by atoms with Gasteiger partial charge in [-0.2, -0.15) is 0 Å². The standard InChI is InChI=1S/C14H22O3/c1-16-14(15)11-7-4-8-12-13(17-12)10-6-3-2-5-9(10)11/h9-13H,2-8H2,1H3/t9-,10+,11?,12?,13?/m1/s1. The van der Waals surface area contributed by atoms with Crippen LogP contribution in [0, 0.1) is 17.8 Å². The first-order valence-corrected chi connectivity index (χ1v) is 7.04. The molecule has 3 aliphatic rings. The van der Waals surface area contributed by atoms with Crippen LogP contribution in [0.5, 0.6) is 0 Å². The topological polar surface area (TPSA) is 38.8 Å². The summed E-state index contributed by atoms with van der Waals surface area (Å²) in [5.74, 6) is 1.29. The molecule has 0 bridgehead atoms. The van der Waals surface area contributed by atoms with E-state index in [-0.39, 0.29) is 11.9 Å². The highest BCUT2D eigenvalue weighted by Gasteiger charge is 2.51. The Morgan fingerprint density at radius 2 is 1.82 bits per heavy atom. The molecular formula is C14H22O3. The largest absolute Gasteiger partial charge is 0.469 e. The van der Waals surface area contributed by atoms with Crippen molar-refractivity contribution in [2.24, 2.45) is 17.8 Å². The first-order chi connectivity index (χ1) is 8.31. The third-order valence-corrected chi connectivity index (χ3v) is 4.94. The molecule has 3 unspecified atom stereocenters. The summed E-state index contributed by atoms with van der Waals surface area (Å²) in [5, 5.41) is 0. The molecule has 0 aromatic carbocycles. The van der Waals surface area contributed by atoms with Crippen LogP contribution >= 0.6 is 0 Å². The van der Waals surface area contributed by atoms with Crippen LogP contribution in [0.25, 0.3) is 0 Å². The summed E-state index contributed by atoms with van der Waals surface area (Å²) >= 11 is 0. The highest BCUT2D eigenvalue weighted by molar-refractivity contribution is 5.72. The monoisotopic (exact) mass is 238 g/mol. The summed E-state index contributed by atoms with van der Waals surface area (Å²) in [6, 6.07) is 0. The van der Waals surface area contributed by atoms with Crippen molar-refractivity contribution in [1.82, 2.24) is 0 Å². The molecule has 3 nitrogen and oxygen atoms in total. The summed E-state index contributed by atoms with van der Waals surface area (Å²) in [6.07, 6.45) is 9.25. The van der Waals surface area contributed by atoms with Gasteiger partial charge in [0.25, 0.3) is 0 Å². The Labute approximate surface area is 103 Å². The Hall–Kier alpha value is -0.570. The van der Waals surface area contributed by atoms with Crippen molar-refractivity contribution in [3.63, 3.8) is 0 Å². The summed E-state index contributed by atoms with van der Waals surface area (Å²) < 4.78 is 10.8. The first kappa shape index (κ1) is 11.5. The predicted octanol–water partition coefficient (Wildman–Crippen LogP) is 2.53. The second-order valence-corrected chi connectivity index (χ2v) is 5.81. The van der Waals surface area contributed by atoms with Gasteiger partial charge in [-0.05, 0) is 43.9 Å². The SMILES string of the molecule is COC(=O)C1CCCC2OC2[C@H]2CCCC[C@@H]12. The normalized spacial score (nSPS) is 44.9. The van der Waals surface area contributed by atoms with E-state index in [0.29, 0.717) is 24.0 Å². The Balaban J connectivity index is 1.79. The summed E-state index contributed by atoms with van der Waals surface area (Å²) in [7, 11) is 1.52. The third kappa shape index (κ3) is 2.10. The van der Waals surface area contributed by atoms with Crippen molar-refractivity contribution in [1.29, 1.82) is 0 Å². The fraction of sp³-hybridized carbons (Fsp3) is 0.929. The predicted molar refractivity (Wildman–Crippen MR) is 63.5 cm³/mol. The Morgan fingerprint density at radius 3 is 2.59 bits per heavy atom. The van der Waals surface area contributed by atoms with Gasteiger partial charge in [0.2, 0.25) is 0 Å². The van der Waals surface area contributed by atoms with Crippen molar-refractivity contribution in [3.8, 4) is 0 Å². The quantitative estimate of drug-likeness (QED) is 0.520. The minimum atomic E-state index is 0.0148. The molecule has 17 heavy (non-hydrogen) atoms. The summed E-state index contributed by atoms with van der Waals surface area (Å²) in [4.78, 5) is 11.9. The molecule has 0 radical (unpaired) electrons. The number of hydrogen-bond donors (Lipinski definition) is 0. The van der Waals surface area contributed by atoms with Crippen LogP contribution in [0.3, 0.4) is 0 Å². The van der Waals surface area contributed by atoms with E-state index in [1.807, 2.05) is 0 Å². The maximum absolute atomic E-state index is 11.9. The molecular weight excluding hydrogens is 216 g/mol. The van der Waals surface area contributed by atoms with Crippen molar-refractivity contribution in [2.75, 3.05) is 7.11 Å². The zero-order valence-corrected chi connectivity index (χ0v) is 10.6. The van der Waals surface area contributed by atoms with E-state index in [9.17, 15) is 4.79 Å². The van der Waals surface area contributed by atoms with Crippen LogP contribution in [0.4, 0.5) is 0 Å². The van der Waals surface area contributed by atoms with E-state index < -0.39 is 0 Å². The van der Waals surface area contributed by atoms with Crippen LogP contribution < -0.4 is 0 Å². The van der Waals surface area contributed by atoms with Gasteiger partial charge in [0, 0.05) is 0 Å². The fourth-order valence-corrected chi connectivity index (χ4v) is 4.06. The number of fused-ring (bicyclic) bond motifs is 3. The van der Waals surface area contributed by atoms with Crippen LogP contribution in [-0.4, -0.2) is 25.3 Å². The lowest BCUT2D eigenvalue weighted by Gasteiger charge is -2.36. The highest BCUT2D eigenvalue weighted by atomic mass is 16.6. The summed E-state index contributed by atoms with van der Waals surface area (Å²) in [6.45, 7) is 0. The maximum Gasteiger partial charge on any atom is 0.308 e. The van der Waals surface area contributed by atoms with E-state index in [1.54, 1.807) is 0 Å². The van der Waals surface area contributed by atoms with Crippen molar-refractivity contribution in [2.45, 2.75) is 57.2 Å². The van der Waals surface area contributed by atoms with Gasteiger partial charge >= 0.3 is 5.97 Å². The number of rotatable bonds is 1. The van der Waals surface area contributed by atoms with Crippen LogP contribution in [0.2, 0.25) is 0 Å². The van der Waals surface area contributed by atoms with Gasteiger partial charge in [0.15, 0.2) is 0 Å². The van der Waals surface area contributed by atoms with Crippen LogP contribution in [0.1, 0.15) is 44.9 Å². The zero-order chi connectivity index (χ0) is 11.8. The molecule has 3 heteroatoms. The maximum atomic E-state index is 11.9. The molecule has 3 fully saturated rings. The van der Waals surface area contributed by atoms with Gasteiger partial charge in [0.1, 0.15) is 0 Å². The van der Waals surface area contributed by atoms with Gasteiger partial charge in [-0.3, -0.25) is 4.79 Å². The number of ether oxygens (including phenoxy) is 2. The summed E-state index contributed by atoms with van der Waals surface area (Å²) in [5.41, 5.74) is 0. The molecule has 3 rings (SSSR count). The number of carbonyl (C=O) groups excluding carboxylic acids is 1. The van der Waals surface area contributed by atoms with Gasteiger partial charge < -0.3 is 9.47 Å². The van der Waals surface area contributed by atoms with Crippen LogP contribution in [-0.2, 0) is 14.3 Å². The number of methoxy groups -OCH3 is 1.